The summed E-state index contributed by atoms with van der Waals surface area (Å²) in [7, 11) is 1.28. The molecule has 2 rings (SSSR count). The summed E-state index contributed by atoms with van der Waals surface area (Å²) in [5, 5.41) is 13.9. The first kappa shape index (κ1) is 19.1. The number of ether oxygens (including phenoxy) is 2. The highest BCUT2D eigenvalue weighted by Gasteiger charge is 2.23. The smallest absolute Gasteiger partial charge is 0.339 e. The molecule has 1 amide bonds. The molecule has 1 aromatic heterocycles. The summed E-state index contributed by atoms with van der Waals surface area (Å²) >= 11 is 5.70. The van der Waals surface area contributed by atoms with Crippen LogP contribution >= 0.6 is 11.6 Å². The summed E-state index contributed by atoms with van der Waals surface area (Å²) in [6, 6.07) is 6.63. The number of aromatic nitrogens is 1. The van der Waals surface area contributed by atoms with Crippen molar-refractivity contribution in [2.24, 2.45) is 0 Å². The number of hydrogen-bond acceptors (Lipinski definition) is 7. The van der Waals surface area contributed by atoms with Crippen LogP contribution in [0.3, 0.4) is 0 Å². The van der Waals surface area contributed by atoms with Crippen LogP contribution in [0, 0.1) is 10.1 Å². The number of benzene rings is 1. The third-order valence-corrected chi connectivity index (χ3v) is 3.47. The molecule has 9 nitrogen and oxygen atoms in total. The molecule has 26 heavy (non-hydrogen) atoms. The van der Waals surface area contributed by atoms with E-state index in [1.165, 1.54) is 44.5 Å². The molecule has 2 aromatic rings. The lowest BCUT2D eigenvalue weighted by atomic mass is 10.2. The van der Waals surface area contributed by atoms with Crippen molar-refractivity contribution in [1.29, 1.82) is 0 Å². The molecule has 0 saturated heterocycles. The van der Waals surface area contributed by atoms with Crippen LogP contribution in [0.5, 0.6) is 5.75 Å². The van der Waals surface area contributed by atoms with Crippen molar-refractivity contribution in [3.8, 4) is 5.75 Å². The van der Waals surface area contributed by atoms with Gasteiger partial charge in [-0.1, -0.05) is 11.6 Å². The van der Waals surface area contributed by atoms with E-state index in [0.717, 1.165) is 6.07 Å². The third-order valence-electron chi connectivity index (χ3n) is 3.24. The number of nitrogens with one attached hydrogen (secondary N) is 1. The lowest BCUT2D eigenvalue weighted by Gasteiger charge is -2.13. The molecule has 0 spiro atoms. The van der Waals surface area contributed by atoms with Crippen LogP contribution in [0.15, 0.2) is 36.5 Å². The van der Waals surface area contributed by atoms with Crippen LogP contribution in [0.1, 0.15) is 17.3 Å². The van der Waals surface area contributed by atoms with E-state index < -0.39 is 22.9 Å². The fourth-order valence-corrected chi connectivity index (χ4v) is 2.03. The molecule has 0 aliphatic rings. The molecular formula is C16H14ClN3O6. The predicted molar refractivity (Wildman–Crippen MR) is 92.4 cm³/mol. The van der Waals surface area contributed by atoms with Gasteiger partial charge in [-0.25, -0.2) is 9.78 Å². The highest BCUT2D eigenvalue weighted by Crippen LogP contribution is 2.27. The molecule has 0 aliphatic carbocycles. The Balaban J connectivity index is 2.06. The Labute approximate surface area is 153 Å². The Morgan fingerprint density at radius 1 is 1.31 bits per heavy atom. The van der Waals surface area contributed by atoms with Gasteiger partial charge in [-0.2, -0.15) is 0 Å². The minimum Gasteiger partial charge on any atom is -0.490 e. The van der Waals surface area contributed by atoms with Gasteiger partial charge >= 0.3 is 11.7 Å². The summed E-state index contributed by atoms with van der Waals surface area (Å²) in [5.41, 5.74) is -0.466. The number of esters is 1. The Kier molecular flexibility index (Phi) is 6.07. The second-order valence-corrected chi connectivity index (χ2v) is 5.48. The number of carbonyl (C=O) groups is 2. The quantitative estimate of drug-likeness (QED) is 0.465. The first-order chi connectivity index (χ1) is 12.3. The van der Waals surface area contributed by atoms with Crippen LogP contribution in [-0.4, -0.2) is 35.0 Å². The van der Waals surface area contributed by atoms with Gasteiger partial charge in [0.15, 0.2) is 11.9 Å². The lowest BCUT2D eigenvalue weighted by Crippen LogP contribution is -2.30. The van der Waals surface area contributed by atoms with Crippen molar-refractivity contribution in [3.63, 3.8) is 0 Å². The van der Waals surface area contributed by atoms with E-state index in [2.05, 4.69) is 10.3 Å². The zero-order valence-corrected chi connectivity index (χ0v) is 14.5. The van der Waals surface area contributed by atoms with E-state index in [0.29, 0.717) is 5.02 Å². The summed E-state index contributed by atoms with van der Waals surface area (Å²) in [6.45, 7) is 1.36. The summed E-state index contributed by atoms with van der Waals surface area (Å²) in [4.78, 5) is 38.4. The number of nitro benzene ring substituents is 1. The molecule has 0 saturated carbocycles. The molecule has 0 fully saturated rings. The van der Waals surface area contributed by atoms with Crippen molar-refractivity contribution in [2.75, 3.05) is 12.4 Å². The second kappa shape index (κ2) is 8.26. The van der Waals surface area contributed by atoms with Crippen LogP contribution < -0.4 is 10.1 Å². The van der Waals surface area contributed by atoms with Gasteiger partial charge in [-0.3, -0.25) is 14.9 Å². The Bertz CT molecular complexity index is 840. The lowest BCUT2D eigenvalue weighted by molar-refractivity contribution is -0.385. The fourth-order valence-electron chi connectivity index (χ4n) is 1.92. The zero-order valence-electron chi connectivity index (χ0n) is 13.8. The number of hydrogen-bond donors (Lipinski definition) is 1. The first-order valence-electron chi connectivity index (χ1n) is 7.27. The zero-order chi connectivity index (χ0) is 19.3. The maximum absolute atomic E-state index is 12.1. The maximum atomic E-state index is 12.1. The van der Waals surface area contributed by atoms with Gasteiger partial charge < -0.3 is 14.8 Å². The van der Waals surface area contributed by atoms with Crippen LogP contribution in [-0.2, 0) is 9.53 Å². The number of amides is 1. The van der Waals surface area contributed by atoms with Crippen molar-refractivity contribution < 1.29 is 24.0 Å². The fraction of sp³-hybridized carbons (Fsp3) is 0.188. The second-order valence-electron chi connectivity index (χ2n) is 5.04. The average Bonchev–Trinajstić information content (AvgIpc) is 2.62. The largest absolute Gasteiger partial charge is 0.490 e. The molecule has 1 aromatic carbocycles. The summed E-state index contributed by atoms with van der Waals surface area (Å²) in [5.74, 6) is -1.26. The Hall–Kier alpha value is -3.20. The highest BCUT2D eigenvalue weighted by molar-refractivity contribution is 6.30. The van der Waals surface area contributed by atoms with Crippen LogP contribution in [0.2, 0.25) is 5.02 Å². The number of nitrogens with zero attached hydrogens (tertiary/aromatic N) is 2. The summed E-state index contributed by atoms with van der Waals surface area (Å²) < 4.78 is 9.90. The SMILES string of the molecule is COc1ccc(C(=O)O[C@@H](C)C(=O)Nc2ccc(Cl)cn2)cc1[N+](=O)[O-]. The van der Waals surface area contributed by atoms with E-state index >= 15 is 0 Å². The Morgan fingerprint density at radius 2 is 2.04 bits per heavy atom. The van der Waals surface area contributed by atoms with Crippen LogP contribution in [0.4, 0.5) is 11.5 Å². The molecule has 0 unspecified atom stereocenters. The molecular weight excluding hydrogens is 366 g/mol. The minimum absolute atomic E-state index is 0.00570. The van der Waals surface area contributed by atoms with E-state index in [4.69, 9.17) is 21.1 Å². The molecule has 0 bridgehead atoms. The van der Waals surface area contributed by atoms with Gasteiger partial charge in [0.2, 0.25) is 0 Å². The number of methoxy groups -OCH3 is 1. The van der Waals surface area contributed by atoms with Crippen molar-refractivity contribution >= 4 is 35.0 Å². The number of carbonyl (C=O) groups excluding carboxylic acids is 2. The summed E-state index contributed by atoms with van der Waals surface area (Å²) in [6.07, 6.45) is 0.200. The molecule has 10 heteroatoms. The van der Waals surface area contributed by atoms with E-state index in [1.54, 1.807) is 0 Å². The molecule has 0 aliphatic heterocycles. The standard InChI is InChI=1S/C16H14ClN3O6/c1-9(15(21)19-14-6-4-11(17)8-18-14)26-16(22)10-3-5-13(25-2)12(7-10)20(23)24/h3-9H,1-2H3,(H,18,19,21)/t9-/m0/s1. The minimum atomic E-state index is -1.15. The topological polar surface area (TPSA) is 121 Å². The molecule has 1 N–H and O–H groups in total. The Morgan fingerprint density at radius 3 is 2.62 bits per heavy atom. The van der Waals surface area contributed by atoms with Crippen molar-refractivity contribution in [3.05, 3.63) is 57.2 Å². The van der Waals surface area contributed by atoms with Crippen molar-refractivity contribution in [1.82, 2.24) is 4.98 Å². The molecule has 0 radical (unpaired) electrons. The normalized spacial score (nSPS) is 11.3. The highest BCUT2D eigenvalue weighted by atomic mass is 35.5. The van der Waals surface area contributed by atoms with Gasteiger partial charge in [0, 0.05) is 12.3 Å². The number of nitro groups is 1. The van der Waals surface area contributed by atoms with Gasteiger partial charge in [-0.15, -0.1) is 0 Å². The number of halogens is 1. The number of anilines is 1. The molecule has 1 heterocycles. The average molecular weight is 380 g/mol. The van der Waals surface area contributed by atoms with E-state index in [9.17, 15) is 19.7 Å². The third kappa shape index (κ3) is 4.67. The maximum Gasteiger partial charge on any atom is 0.339 e. The number of pyridine rings is 1. The van der Waals surface area contributed by atoms with Crippen molar-refractivity contribution in [2.45, 2.75) is 13.0 Å². The van der Waals surface area contributed by atoms with E-state index in [-0.39, 0.29) is 22.8 Å². The predicted octanol–water partition coefficient (Wildman–Crippen LogP) is 2.84. The molecule has 136 valence electrons. The van der Waals surface area contributed by atoms with Gasteiger partial charge in [0.25, 0.3) is 5.91 Å². The van der Waals surface area contributed by atoms with Gasteiger partial charge in [-0.05, 0) is 31.2 Å². The number of rotatable bonds is 6. The first-order valence-corrected chi connectivity index (χ1v) is 7.65. The van der Waals surface area contributed by atoms with E-state index in [1.807, 2.05) is 0 Å². The van der Waals surface area contributed by atoms with Gasteiger partial charge in [0.05, 0.1) is 22.6 Å². The van der Waals surface area contributed by atoms with Gasteiger partial charge in [0.1, 0.15) is 5.82 Å². The van der Waals surface area contributed by atoms with Crippen LogP contribution in [0.25, 0.3) is 0 Å². The monoisotopic (exact) mass is 379 g/mol. The molecule has 1 atom stereocenters.